The lowest BCUT2D eigenvalue weighted by molar-refractivity contribution is -0.0440. The molecule has 1 unspecified atom stereocenters. The van der Waals surface area contributed by atoms with Gasteiger partial charge >= 0.3 is 5.51 Å². The van der Waals surface area contributed by atoms with E-state index in [2.05, 4.69) is 16.0 Å². The van der Waals surface area contributed by atoms with Crippen molar-refractivity contribution in [3.63, 3.8) is 0 Å². The van der Waals surface area contributed by atoms with Gasteiger partial charge in [-0.25, -0.2) is 8.42 Å². The van der Waals surface area contributed by atoms with Crippen LogP contribution >= 0.6 is 0 Å². The number of sulfonamides is 1. The Morgan fingerprint density at radius 2 is 0.973 bits per heavy atom. The molecule has 0 aliphatic heterocycles. The van der Waals surface area contributed by atoms with Crippen molar-refractivity contribution in [2.75, 3.05) is 16.0 Å². The highest BCUT2D eigenvalue weighted by Gasteiger charge is 2.48. The van der Waals surface area contributed by atoms with Gasteiger partial charge in [0.15, 0.2) is 11.4 Å². The minimum Gasteiger partial charge on any atom is -0.590 e. The van der Waals surface area contributed by atoms with Gasteiger partial charge in [0, 0.05) is 34.1 Å². The second-order valence-electron chi connectivity index (χ2n) is 7.73. The van der Waals surface area contributed by atoms with E-state index in [9.17, 15) is 26.1 Å². The monoisotopic (exact) mass is 546 g/mol. The zero-order valence-corrected chi connectivity index (χ0v) is 20.6. The van der Waals surface area contributed by atoms with Crippen molar-refractivity contribution in [2.24, 2.45) is 0 Å². The standard InChI is InChI=1S/C25H21F3N4O3S2/c26-25(27,28)36(33)32-37(34,35)24-13-11-20(12-14-24)31-23-16-21(29-18-7-3-1-4-8-18)15-22(17-23)30-19-9-5-2-6-10-19/h1-17,29-32H. The Morgan fingerprint density at radius 1 is 0.595 bits per heavy atom. The Balaban J connectivity index is 1.56. The first kappa shape index (κ1) is 26.4. The molecule has 0 spiro atoms. The number of benzene rings is 4. The van der Waals surface area contributed by atoms with Crippen LogP contribution in [0.4, 0.5) is 47.3 Å². The third kappa shape index (κ3) is 7.40. The second-order valence-corrected chi connectivity index (χ2v) is 10.9. The number of halogens is 3. The molecule has 1 atom stereocenters. The Bertz CT molecular complexity index is 1380. The molecule has 0 aliphatic rings. The summed E-state index contributed by atoms with van der Waals surface area (Å²) in [5.41, 5.74) is -0.768. The summed E-state index contributed by atoms with van der Waals surface area (Å²) in [6.07, 6.45) is 0. The van der Waals surface area contributed by atoms with Crippen LogP contribution in [-0.4, -0.2) is 18.5 Å². The maximum atomic E-state index is 12.5. The average Bonchev–Trinajstić information content (AvgIpc) is 2.85. The number of para-hydroxylation sites is 2. The predicted molar refractivity (Wildman–Crippen MR) is 140 cm³/mol. The molecular formula is C25H21F3N4O3S2. The molecule has 7 nitrogen and oxygen atoms in total. The second kappa shape index (κ2) is 11.1. The molecule has 4 aromatic carbocycles. The molecule has 0 fully saturated rings. The van der Waals surface area contributed by atoms with Crippen molar-refractivity contribution in [3.05, 3.63) is 103 Å². The minimum absolute atomic E-state index is 0.457. The largest absolute Gasteiger partial charge is 0.593 e. The van der Waals surface area contributed by atoms with Gasteiger partial charge in [-0.15, -0.1) is 13.2 Å². The highest BCUT2D eigenvalue weighted by molar-refractivity contribution is 8.05. The predicted octanol–water partition coefficient (Wildman–Crippen LogP) is 6.38. The molecular weight excluding hydrogens is 525 g/mol. The van der Waals surface area contributed by atoms with Crippen LogP contribution in [0.5, 0.6) is 0 Å². The molecule has 0 aromatic heterocycles. The Hall–Kier alpha value is -3.71. The van der Waals surface area contributed by atoms with Crippen molar-refractivity contribution in [1.82, 2.24) is 4.13 Å². The van der Waals surface area contributed by atoms with E-state index in [1.807, 2.05) is 78.9 Å². The molecule has 4 aromatic rings. The highest BCUT2D eigenvalue weighted by atomic mass is 32.3. The van der Waals surface area contributed by atoms with Gasteiger partial charge in [0.2, 0.25) is 0 Å². The van der Waals surface area contributed by atoms with Gasteiger partial charge in [0.1, 0.15) is 0 Å². The van der Waals surface area contributed by atoms with Gasteiger partial charge in [-0.3, -0.25) is 0 Å². The molecule has 0 radical (unpaired) electrons. The van der Waals surface area contributed by atoms with Gasteiger partial charge in [-0.1, -0.05) is 36.4 Å². The van der Waals surface area contributed by atoms with E-state index in [1.54, 1.807) is 0 Å². The summed E-state index contributed by atoms with van der Waals surface area (Å²) in [7, 11) is -4.63. The quantitative estimate of drug-likeness (QED) is 0.182. The van der Waals surface area contributed by atoms with Crippen molar-refractivity contribution >= 4 is 55.5 Å². The first-order valence-corrected chi connectivity index (χ1v) is 13.4. The summed E-state index contributed by atoms with van der Waals surface area (Å²) in [5, 5.41) is 9.82. The Labute approximate surface area is 215 Å². The number of nitrogens with one attached hydrogen (secondary N) is 4. The lowest BCUT2D eigenvalue weighted by Gasteiger charge is -2.15. The van der Waals surface area contributed by atoms with Crippen molar-refractivity contribution < 1.29 is 26.1 Å². The minimum atomic E-state index is -5.21. The van der Waals surface area contributed by atoms with Crippen LogP contribution in [0.15, 0.2) is 108 Å². The molecule has 37 heavy (non-hydrogen) atoms. The molecule has 0 bridgehead atoms. The van der Waals surface area contributed by atoms with Gasteiger partial charge in [0.25, 0.3) is 10.0 Å². The van der Waals surface area contributed by atoms with Crippen LogP contribution in [0, 0.1) is 0 Å². The number of hydrogen-bond acceptors (Lipinski definition) is 6. The highest BCUT2D eigenvalue weighted by Crippen LogP contribution is 2.30. The number of hydrogen-bond donors (Lipinski definition) is 4. The third-order valence-electron chi connectivity index (χ3n) is 4.91. The van der Waals surface area contributed by atoms with Crippen molar-refractivity contribution in [2.45, 2.75) is 10.4 Å². The molecule has 4 rings (SSSR count). The molecule has 0 amide bonds. The molecule has 192 valence electrons. The zero-order chi connectivity index (χ0) is 26.5. The van der Waals surface area contributed by atoms with E-state index in [-0.39, 0.29) is 0 Å². The Kier molecular flexibility index (Phi) is 7.93. The summed E-state index contributed by atoms with van der Waals surface area (Å²) >= 11 is -3.75. The SMILES string of the molecule is O=S(=O)(N[S+]([O-])C(F)(F)F)c1ccc(Nc2cc(Nc3ccccc3)cc(Nc3ccccc3)c2)cc1. The summed E-state index contributed by atoms with van der Waals surface area (Å²) < 4.78 is 74.1. The van der Waals surface area contributed by atoms with E-state index in [0.717, 1.165) is 39.0 Å². The molecule has 12 heteroatoms. The van der Waals surface area contributed by atoms with Crippen LogP contribution in [-0.2, 0) is 21.4 Å². The van der Waals surface area contributed by atoms with E-state index in [0.29, 0.717) is 11.4 Å². The van der Waals surface area contributed by atoms with Crippen molar-refractivity contribution in [3.8, 4) is 0 Å². The molecule has 0 aliphatic carbocycles. The first-order valence-electron chi connectivity index (χ1n) is 10.8. The third-order valence-corrected chi connectivity index (χ3v) is 7.70. The molecule has 4 N–H and O–H groups in total. The van der Waals surface area contributed by atoms with Gasteiger partial charge < -0.3 is 20.5 Å². The smallest absolute Gasteiger partial charge is 0.590 e. The lowest BCUT2D eigenvalue weighted by Crippen LogP contribution is -2.40. The summed E-state index contributed by atoms with van der Waals surface area (Å²) in [6, 6.07) is 29.8. The summed E-state index contributed by atoms with van der Waals surface area (Å²) in [5.74, 6) is 0. The lowest BCUT2D eigenvalue weighted by atomic mass is 10.2. The average molecular weight is 547 g/mol. The fourth-order valence-corrected chi connectivity index (χ4v) is 5.35. The fraction of sp³-hybridized carbons (Fsp3) is 0.0400. The first-order chi connectivity index (χ1) is 17.6. The Morgan fingerprint density at radius 3 is 1.35 bits per heavy atom. The molecule has 0 saturated carbocycles. The van der Waals surface area contributed by atoms with Gasteiger partial charge in [0.05, 0.1) is 4.90 Å². The maximum Gasteiger partial charge on any atom is 0.593 e. The topological polar surface area (TPSA) is 105 Å². The summed E-state index contributed by atoms with van der Waals surface area (Å²) in [4.78, 5) is -0.457. The van der Waals surface area contributed by atoms with E-state index in [1.165, 1.54) is 12.1 Å². The van der Waals surface area contributed by atoms with Crippen LogP contribution < -0.4 is 20.1 Å². The number of rotatable bonds is 9. The number of alkyl halides is 3. The fourth-order valence-electron chi connectivity index (χ4n) is 3.30. The molecule has 0 saturated heterocycles. The van der Waals surface area contributed by atoms with Crippen LogP contribution in [0.25, 0.3) is 0 Å². The van der Waals surface area contributed by atoms with E-state index in [4.69, 9.17) is 0 Å². The van der Waals surface area contributed by atoms with E-state index >= 15 is 0 Å². The normalized spacial score (nSPS) is 12.5. The summed E-state index contributed by atoms with van der Waals surface area (Å²) in [6.45, 7) is 0. The van der Waals surface area contributed by atoms with Crippen LogP contribution in [0.3, 0.4) is 0 Å². The van der Waals surface area contributed by atoms with Crippen LogP contribution in [0.1, 0.15) is 0 Å². The van der Waals surface area contributed by atoms with Crippen LogP contribution in [0.2, 0.25) is 0 Å². The number of anilines is 6. The zero-order valence-electron chi connectivity index (χ0n) is 19.0. The van der Waals surface area contributed by atoms with Gasteiger partial charge in [-0.2, -0.15) is 0 Å². The molecule has 0 heterocycles. The van der Waals surface area contributed by atoms with Gasteiger partial charge in [-0.05, 0) is 70.9 Å². The van der Waals surface area contributed by atoms with Crippen molar-refractivity contribution in [1.29, 1.82) is 0 Å². The maximum absolute atomic E-state index is 12.5. The van der Waals surface area contributed by atoms with E-state index < -0.39 is 31.8 Å².